The number of nitrogens with one attached hydrogen (secondary N) is 2. The van der Waals surface area contributed by atoms with Crippen molar-refractivity contribution >= 4 is 23.4 Å². The molecule has 0 saturated carbocycles. The van der Waals surface area contributed by atoms with E-state index < -0.39 is 0 Å². The number of thioether (sulfide) groups is 1. The molecule has 0 unspecified atom stereocenters. The van der Waals surface area contributed by atoms with Crippen LogP contribution in [0.1, 0.15) is 5.82 Å². The molecule has 2 N–H and O–H groups in total. The Balaban J connectivity index is 1.45. The molecule has 1 amide bonds. The van der Waals surface area contributed by atoms with E-state index in [2.05, 4.69) is 25.5 Å². The highest BCUT2D eigenvalue weighted by atomic mass is 32.2. The lowest BCUT2D eigenvalue weighted by Gasteiger charge is -2.02. The minimum absolute atomic E-state index is 0.139. The van der Waals surface area contributed by atoms with Crippen LogP contribution in [0.4, 0.5) is 5.69 Å². The van der Waals surface area contributed by atoms with Crippen molar-refractivity contribution < 1.29 is 9.53 Å². The second-order valence-corrected chi connectivity index (χ2v) is 5.69. The number of nitrogens with zero attached hydrogens (tertiary/aromatic N) is 3. The Hall–Kier alpha value is -2.87. The number of aromatic amines is 1. The average Bonchev–Trinajstić information content (AvgIpc) is 3.08. The molecule has 0 radical (unpaired) electrons. The van der Waals surface area contributed by atoms with Crippen LogP contribution in [-0.4, -0.2) is 31.8 Å². The number of carbonyl (C=O) groups excluding carboxylic acids is 1. The van der Waals surface area contributed by atoms with Crippen LogP contribution in [0.5, 0.6) is 5.75 Å². The van der Waals surface area contributed by atoms with E-state index >= 15 is 0 Å². The number of H-pyrrole nitrogens is 1. The predicted molar refractivity (Wildman–Crippen MR) is 90.7 cm³/mol. The highest BCUT2D eigenvalue weighted by molar-refractivity contribution is 7.99. The molecule has 7 nitrogen and oxygen atoms in total. The summed E-state index contributed by atoms with van der Waals surface area (Å²) < 4.78 is 5.58. The topological polar surface area (TPSA) is 92.8 Å². The molecule has 0 aliphatic rings. The number of anilines is 1. The lowest BCUT2D eigenvalue weighted by molar-refractivity contribution is -0.113. The molecule has 24 heavy (non-hydrogen) atoms. The first-order valence-corrected chi connectivity index (χ1v) is 8.20. The van der Waals surface area contributed by atoms with Gasteiger partial charge in [-0.05, 0) is 24.3 Å². The minimum Gasteiger partial charge on any atom is -0.486 e. The van der Waals surface area contributed by atoms with E-state index in [0.29, 0.717) is 23.3 Å². The lowest BCUT2D eigenvalue weighted by atomic mass is 10.3. The maximum absolute atomic E-state index is 11.9. The van der Waals surface area contributed by atoms with E-state index in [1.54, 1.807) is 24.5 Å². The summed E-state index contributed by atoms with van der Waals surface area (Å²) in [6, 6.07) is 13.0. The fourth-order valence-electron chi connectivity index (χ4n) is 1.84. The molecule has 0 saturated heterocycles. The van der Waals surface area contributed by atoms with Gasteiger partial charge in [-0.15, -0.1) is 5.10 Å². The zero-order valence-corrected chi connectivity index (χ0v) is 13.5. The van der Waals surface area contributed by atoms with E-state index in [1.807, 2.05) is 30.3 Å². The summed E-state index contributed by atoms with van der Waals surface area (Å²) in [5.74, 6) is 1.44. The fraction of sp³-hybridized carbons (Fsp3) is 0.125. The van der Waals surface area contributed by atoms with E-state index in [1.165, 1.54) is 11.8 Å². The predicted octanol–water partition coefficient (Wildman–Crippen LogP) is 2.51. The molecule has 3 aromatic rings. The van der Waals surface area contributed by atoms with Crippen molar-refractivity contribution in [1.29, 1.82) is 0 Å². The number of hydrogen-bond donors (Lipinski definition) is 2. The number of carbonyl (C=O) groups is 1. The SMILES string of the molecule is O=C(CSc1n[nH]c(COc2ccccc2)n1)Nc1cccnc1. The van der Waals surface area contributed by atoms with Crippen LogP contribution in [0.15, 0.2) is 60.0 Å². The van der Waals surface area contributed by atoms with Gasteiger partial charge in [-0.25, -0.2) is 4.98 Å². The highest BCUT2D eigenvalue weighted by Crippen LogP contribution is 2.15. The first-order valence-electron chi connectivity index (χ1n) is 7.21. The summed E-state index contributed by atoms with van der Waals surface area (Å²) in [5, 5.41) is 10.1. The quantitative estimate of drug-likeness (QED) is 0.642. The number of para-hydroxylation sites is 1. The standard InChI is InChI=1S/C16H15N5O2S/c22-15(18-12-5-4-8-17-9-12)11-24-16-19-14(20-21-16)10-23-13-6-2-1-3-7-13/h1-9H,10-11H2,(H,18,22)(H,19,20,21). The maximum Gasteiger partial charge on any atom is 0.234 e. The number of amides is 1. The van der Waals surface area contributed by atoms with Gasteiger partial charge in [0.05, 0.1) is 17.6 Å². The summed E-state index contributed by atoms with van der Waals surface area (Å²) in [6.45, 7) is 0.291. The summed E-state index contributed by atoms with van der Waals surface area (Å²) >= 11 is 1.25. The number of rotatable bonds is 7. The highest BCUT2D eigenvalue weighted by Gasteiger charge is 2.08. The van der Waals surface area contributed by atoms with Crippen molar-refractivity contribution in [1.82, 2.24) is 20.2 Å². The van der Waals surface area contributed by atoms with Gasteiger partial charge in [0.2, 0.25) is 11.1 Å². The second-order valence-electron chi connectivity index (χ2n) is 4.74. The molecule has 122 valence electrons. The Kier molecular flexibility index (Phi) is 5.41. The monoisotopic (exact) mass is 341 g/mol. The Morgan fingerprint density at radius 1 is 1.21 bits per heavy atom. The number of ether oxygens (including phenoxy) is 1. The smallest absolute Gasteiger partial charge is 0.234 e. The Labute approximate surface area is 142 Å². The van der Waals surface area contributed by atoms with Crippen molar-refractivity contribution in [3.63, 3.8) is 0 Å². The molecular weight excluding hydrogens is 326 g/mol. The van der Waals surface area contributed by atoms with Gasteiger partial charge in [0.1, 0.15) is 12.4 Å². The molecule has 1 aromatic carbocycles. The molecule has 0 aliphatic heterocycles. The minimum atomic E-state index is -0.139. The summed E-state index contributed by atoms with van der Waals surface area (Å²) in [5.41, 5.74) is 0.662. The zero-order chi connectivity index (χ0) is 16.6. The number of aromatic nitrogens is 4. The Bertz CT molecular complexity index is 779. The third-order valence-electron chi connectivity index (χ3n) is 2.91. The molecule has 3 rings (SSSR count). The number of hydrogen-bond acceptors (Lipinski definition) is 6. The van der Waals surface area contributed by atoms with Gasteiger partial charge >= 0.3 is 0 Å². The third kappa shape index (κ3) is 4.82. The van der Waals surface area contributed by atoms with Crippen LogP contribution in [0.3, 0.4) is 0 Å². The summed E-state index contributed by atoms with van der Waals surface area (Å²) in [6.07, 6.45) is 3.24. The van der Waals surface area contributed by atoms with Gasteiger partial charge in [0, 0.05) is 6.20 Å². The van der Waals surface area contributed by atoms with Crippen molar-refractivity contribution in [2.75, 3.05) is 11.1 Å². The molecule has 0 atom stereocenters. The largest absolute Gasteiger partial charge is 0.486 e. The van der Waals surface area contributed by atoms with E-state index in [4.69, 9.17) is 4.74 Å². The van der Waals surface area contributed by atoms with Gasteiger partial charge in [-0.1, -0.05) is 30.0 Å². The molecule has 0 fully saturated rings. The van der Waals surface area contributed by atoms with Crippen LogP contribution in [-0.2, 0) is 11.4 Å². The molecule has 0 spiro atoms. The molecule has 0 aliphatic carbocycles. The van der Waals surface area contributed by atoms with Crippen molar-refractivity contribution in [2.24, 2.45) is 0 Å². The van der Waals surface area contributed by atoms with Crippen molar-refractivity contribution in [3.05, 3.63) is 60.7 Å². The van der Waals surface area contributed by atoms with Crippen LogP contribution in [0, 0.1) is 0 Å². The van der Waals surface area contributed by atoms with Gasteiger partial charge in [0.25, 0.3) is 0 Å². The Morgan fingerprint density at radius 2 is 2.08 bits per heavy atom. The maximum atomic E-state index is 11.9. The van der Waals surface area contributed by atoms with Gasteiger partial charge < -0.3 is 10.1 Å². The Morgan fingerprint density at radius 3 is 2.88 bits per heavy atom. The molecule has 2 heterocycles. The van der Waals surface area contributed by atoms with Gasteiger partial charge in [0.15, 0.2) is 5.82 Å². The first-order chi connectivity index (χ1) is 11.8. The zero-order valence-electron chi connectivity index (χ0n) is 12.7. The van der Waals surface area contributed by atoms with Crippen molar-refractivity contribution in [3.8, 4) is 5.75 Å². The van der Waals surface area contributed by atoms with Crippen LogP contribution in [0.2, 0.25) is 0 Å². The van der Waals surface area contributed by atoms with Gasteiger partial charge in [-0.3, -0.25) is 14.9 Å². The second kappa shape index (κ2) is 8.11. The van der Waals surface area contributed by atoms with E-state index in [0.717, 1.165) is 5.75 Å². The van der Waals surface area contributed by atoms with Crippen LogP contribution in [0.25, 0.3) is 0 Å². The van der Waals surface area contributed by atoms with Gasteiger partial charge in [-0.2, -0.15) is 0 Å². The summed E-state index contributed by atoms with van der Waals surface area (Å²) in [4.78, 5) is 20.1. The van der Waals surface area contributed by atoms with Crippen LogP contribution < -0.4 is 10.1 Å². The third-order valence-corrected chi connectivity index (χ3v) is 3.75. The normalized spacial score (nSPS) is 10.3. The van der Waals surface area contributed by atoms with Crippen molar-refractivity contribution in [2.45, 2.75) is 11.8 Å². The molecule has 8 heteroatoms. The summed E-state index contributed by atoms with van der Waals surface area (Å²) in [7, 11) is 0. The molecule has 0 bridgehead atoms. The number of pyridine rings is 1. The van der Waals surface area contributed by atoms with Crippen LogP contribution >= 0.6 is 11.8 Å². The number of benzene rings is 1. The first kappa shape index (κ1) is 16.0. The van der Waals surface area contributed by atoms with E-state index in [-0.39, 0.29) is 11.7 Å². The fourth-order valence-corrected chi connectivity index (χ4v) is 2.46. The average molecular weight is 341 g/mol. The van der Waals surface area contributed by atoms with E-state index in [9.17, 15) is 4.79 Å². The lowest BCUT2D eigenvalue weighted by Crippen LogP contribution is -2.14. The molecular formula is C16H15N5O2S. The molecule has 2 aromatic heterocycles.